The second kappa shape index (κ2) is 6.66. The van der Waals surface area contributed by atoms with E-state index in [-0.39, 0.29) is 0 Å². The van der Waals surface area contributed by atoms with Gasteiger partial charge >= 0.3 is 0 Å². The lowest BCUT2D eigenvalue weighted by atomic mass is 10.1. The third-order valence-corrected chi connectivity index (χ3v) is 3.50. The fourth-order valence-corrected chi connectivity index (χ4v) is 2.52. The summed E-state index contributed by atoms with van der Waals surface area (Å²) in [6, 6.07) is 0.297. The Morgan fingerprint density at radius 2 is 2.33 bits per heavy atom. The number of aryl methyl sites for hydroxylation is 1. The summed E-state index contributed by atoms with van der Waals surface area (Å²) in [4.78, 5) is 4.42. The van der Waals surface area contributed by atoms with Crippen molar-refractivity contribution < 1.29 is 0 Å². The first-order valence-electron chi connectivity index (χ1n) is 6.46. The largest absolute Gasteiger partial charge is 0.308 e. The molecule has 2 aromatic heterocycles. The third kappa shape index (κ3) is 3.40. The van der Waals surface area contributed by atoms with E-state index in [1.807, 2.05) is 16.4 Å². The highest BCUT2D eigenvalue weighted by Gasteiger charge is 2.14. The van der Waals surface area contributed by atoms with Crippen LogP contribution in [0, 0.1) is 0 Å². The predicted octanol–water partition coefficient (Wildman–Crippen LogP) is 2.64. The normalized spacial score (nSPS) is 12.8. The molecular formula is C13H20N4S. The Kier molecular flexibility index (Phi) is 4.90. The molecule has 0 radical (unpaired) electrons. The van der Waals surface area contributed by atoms with Crippen molar-refractivity contribution in [2.45, 2.75) is 39.3 Å². The van der Waals surface area contributed by atoms with E-state index in [1.165, 1.54) is 5.56 Å². The first-order valence-corrected chi connectivity index (χ1v) is 7.40. The minimum absolute atomic E-state index is 0.297. The Hall–Kier alpha value is -1.20. The fourth-order valence-electron chi connectivity index (χ4n) is 1.91. The summed E-state index contributed by atoms with van der Waals surface area (Å²) >= 11 is 1.65. The van der Waals surface area contributed by atoms with Crippen molar-refractivity contribution in [3.8, 4) is 0 Å². The molecule has 0 amide bonds. The molecule has 2 aromatic rings. The number of hydrogen-bond acceptors (Lipinski definition) is 4. The maximum Gasteiger partial charge on any atom is 0.0795 e. The van der Waals surface area contributed by atoms with Gasteiger partial charge in [0.15, 0.2) is 0 Å². The van der Waals surface area contributed by atoms with Gasteiger partial charge in [0.05, 0.1) is 23.4 Å². The molecule has 0 bridgehead atoms. The SMILES string of the molecule is CCCNC(Cc1cnn(CC)c1)c1cscn1. The van der Waals surface area contributed by atoms with Gasteiger partial charge in [-0.15, -0.1) is 11.3 Å². The van der Waals surface area contributed by atoms with E-state index < -0.39 is 0 Å². The van der Waals surface area contributed by atoms with Crippen LogP contribution < -0.4 is 5.32 Å². The van der Waals surface area contributed by atoms with Gasteiger partial charge in [0.1, 0.15) is 0 Å². The Morgan fingerprint density at radius 1 is 1.44 bits per heavy atom. The number of aromatic nitrogens is 3. The molecule has 18 heavy (non-hydrogen) atoms. The van der Waals surface area contributed by atoms with Crippen LogP contribution in [0.5, 0.6) is 0 Å². The molecule has 1 unspecified atom stereocenters. The van der Waals surface area contributed by atoms with Gasteiger partial charge in [-0.2, -0.15) is 5.10 Å². The van der Waals surface area contributed by atoms with E-state index in [0.717, 1.165) is 31.6 Å². The van der Waals surface area contributed by atoms with Crippen molar-refractivity contribution in [2.24, 2.45) is 0 Å². The van der Waals surface area contributed by atoms with Crippen LogP contribution in [0.3, 0.4) is 0 Å². The lowest BCUT2D eigenvalue weighted by Crippen LogP contribution is -2.24. The van der Waals surface area contributed by atoms with Crippen LogP contribution in [0.25, 0.3) is 0 Å². The maximum atomic E-state index is 4.42. The van der Waals surface area contributed by atoms with Crippen LogP contribution in [0.4, 0.5) is 0 Å². The van der Waals surface area contributed by atoms with E-state index in [1.54, 1.807) is 11.3 Å². The first kappa shape index (κ1) is 13.2. The zero-order chi connectivity index (χ0) is 12.8. The lowest BCUT2D eigenvalue weighted by Gasteiger charge is -2.15. The summed E-state index contributed by atoms with van der Waals surface area (Å²) in [5.41, 5.74) is 4.29. The fraction of sp³-hybridized carbons (Fsp3) is 0.538. The molecule has 1 atom stereocenters. The first-order chi connectivity index (χ1) is 8.83. The average Bonchev–Trinajstić information content (AvgIpc) is 3.05. The maximum absolute atomic E-state index is 4.42. The molecule has 0 aliphatic heterocycles. The topological polar surface area (TPSA) is 42.7 Å². The second-order valence-corrected chi connectivity index (χ2v) is 5.05. The standard InChI is InChI=1S/C13H20N4S/c1-3-5-14-12(13-9-18-10-15-13)6-11-7-16-17(4-2)8-11/h7-10,12,14H,3-6H2,1-2H3. The third-order valence-electron chi connectivity index (χ3n) is 2.90. The summed E-state index contributed by atoms with van der Waals surface area (Å²) in [6.07, 6.45) is 6.15. The van der Waals surface area contributed by atoms with E-state index in [4.69, 9.17) is 0 Å². The Balaban J connectivity index is 2.04. The van der Waals surface area contributed by atoms with Crippen molar-refractivity contribution in [3.05, 3.63) is 34.5 Å². The number of nitrogens with one attached hydrogen (secondary N) is 1. The van der Waals surface area contributed by atoms with Crippen LogP contribution in [0.15, 0.2) is 23.3 Å². The summed E-state index contributed by atoms with van der Waals surface area (Å²) in [5.74, 6) is 0. The summed E-state index contributed by atoms with van der Waals surface area (Å²) in [7, 11) is 0. The van der Waals surface area contributed by atoms with Gasteiger partial charge in [-0.25, -0.2) is 4.98 Å². The molecule has 0 saturated heterocycles. The molecule has 4 nitrogen and oxygen atoms in total. The monoisotopic (exact) mass is 264 g/mol. The molecule has 0 saturated carbocycles. The van der Waals surface area contributed by atoms with Crippen molar-refractivity contribution in [1.29, 1.82) is 0 Å². The molecule has 1 N–H and O–H groups in total. The molecular weight excluding hydrogens is 244 g/mol. The smallest absolute Gasteiger partial charge is 0.0795 e. The number of thiazole rings is 1. The van der Waals surface area contributed by atoms with Crippen LogP contribution in [-0.2, 0) is 13.0 Å². The van der Waals surface area contributed by atoms with Crippen molar-refractivity contribution in [1.82, 2.24) is 20.1 Å². The molecule has 0 aromatic carbocycles. The van der Waals surface area contributed by atoms with Gasteiger partial charge in [0.2, 0.25) is 0 Å². The summed E-state index contributed by atoms with van der Waals surface area (Å²) < 4.78 is 1.97. The van der Waals surface area contributed by atoms with Crippen molar-refractivity contribution >= 4 is 11.3 Å². The molecule has 0 aliphatic rings. The Morgan fingerprint density at radius 3 is 2.94 bits per heavy atom. The molecule has 2 rings (SSSR count). The Labute approximate surface area is 112 Å². The van der Waals surface area contributed by atoms with Crippen LogP contribution >= 0.6 is 11.3 Å². The molecule has 0 aliphatic carbocycles. The van der Waals surface area contributed by atoms with Gasteiger partial charge in [0.25, 0.3) is 0 Å². The van der Waals surface area contributed by atoms with Crippen molar-refractivity contribution in [2.75, 3.05) is 6.54 Å². The lowest BCUT2D eigenvalue weighted by molar-refractivity contribution is 0.519. The van der Waals surface area contributed by atoms with E-state index in [2.05, 4.69) is 40.8 Å². The predicted molar refractivity (Wildman–Crippen MR) is 74.8 cm³/mol. The summed E-state index contributed by atoms with van der Waals surface area (Å²) in [6.45, 7) is 6.22. The van der Waals surface area contributed by atoms with E-state index in [0.29, 0.717) is 6.04 Å². The van der Waals surface area contributed by atoms with E-state index >= 15 is 0 Å². The molecule has 98 valence electrons. The molecule has 2 heterocycles. The minimum Gasteiger partial charge on any atom is -0.308 e. The zero-order valence-corrected chi connectivity index (χ0v) is 11.8. The average molecular weight is 264 g/mol. The molecule has 5 heteroatoms. The summed E-state index contributed by atoms with van der Waals surface area (Å²) in [5, 5.41) is 10.00. The molecule has 0 spiro atoms. The quantitative estimate of drug-likeness (QED) is 0.836. The van der Waals surface area contributed by atoms with Gasteiger partial charge in [-0.1, -0.05) is 6.92 Å². The highest BCUT2D eigenvalue weighted by molar-refractivity contribution is 7.07. The van der Waals surface area contributed by atoms with Crippen LogP contribution in [0.2, 0.25) is 0 Å². The van der Waals surface area contributed by atoms with Crippen LogP contribution in [-0.4, -0.2) is 21.3 Å². The second-order valence-electron chi connectivity index (χ2n) is 4.33. The van der Waals surface area contributed by atoms with Gasteiger partial charge in [0, 0.05) is 18.1 Å². The highest BCUT2D eigenvalue weighted by atomic mass is 32.1. The highest BCUT2D eigenvalue weighted by Crippen LogP contribution is 2.18. The Bertz CT molecular complexity index is 449. The van der Waals surface area contributed by atoms with Gasteiger partial charge in [-0.05, 0) is 31.9 Å². The van der Waals surface area contributed by atoms with Crippen LogP contribution in [0.1, 0.15) is 37.6 Å². The number of rotatable bonds is 7. The van der Waals surface area contributed by atoms with Crippen molar-refractivity contribution in [3.63, 3.8) is 0 Å². The minimum atomic E-state index is 0.297. The zero-order valence-electron chi connectivity index (χ0n) is 11.0. The number of nitrogens with zero attached hydrogens (tertiary/aromatic N) is 3. The van der Waals surface area contributed by atoms with E-state index in [9.17, 15) is 0 Å². The molecule has 0 fully saturated rings. The van der Waals surface area contributed by atoms with Gasteiger partial charge in [-0.3, -0.25) is 4.68 Å². The van der Waals surface area contributed by atoms with Gasteiger partial charge < -0.3 is 5.32 Å². The number of hydrogen-bond donors (Lipinski definition) is 1.